The number of carbonyl (C=O) groups is 1. The topological polar surface area (TPSA) is 118 Å². The summed E-state index contributed by atoms with van der Waals surface area (Å²) in [6.07, 6.45) is 0. The number of rotatable bonds is 6. The normalized spacial score (nSPS) is 11.1. The molecule has 2 N–H and O–H groups in total. The van der Waals surface area contributed by atoms with Crippen LogP contribution >= 0.6 is 11.6 Å². The molecule has 0 saturated heterocycles. The van der Waals surface area contributed by atoms with Crippen LogP contribution in [0.2, 0.25) is 5.02 Å². The van der Waals surface area contributed by atoms with Crippen molar-refractivity contribution in [2.24, 2.45) is 0 Å². The molecule has 0 aliphatic rings. The first-order valence-electron chi connectivity index (χ1n) is 8.71. The summed E-state index contributed by atoms with van der Waals surface area (Å²) in [5, 5.41) is 13.7. The van der Waals surface area contributed by atoms with Crippen molar-refractivity contribution in [3.05, 3.63) is 92.7 Å². The van der Waals surface area contributed by atoms with E-state index >= 15 is 0 Å². The molecule has 3 aromatic rings. The number of carbonyl (C=O) groups excluding carboxylic acids is 1. The van der Waals surface area contributed by atoms with Gasteiger partial charge in [0.05, 0.1) is 21.2 Å². The maximum absolute atomic E-state index is 14.5. The fourth-order valence-corrected chi connectivity index (χ4v) is 3.86. The number of amides is 1. The summed E-state index contributed by atoms with van der Waals surface area (Å²) >= 11 is 5.77. The second kappa shape index (κ2) is 8.70. The molecule has 0 spiro atoms. The van der Waals surface area contributed by atoms with Crippen LogP contribution in [0.3, 0.4) is 0 Å². The Bertz CT molecular complexity index is 1280. The van der Waals surface area contributed by atoms with Gasteiger partial charge in [-0.25, -0.2) is 12.8 Å². The van der Waals surface area contributed by atoms with Crippen LogP contribution < -0.4 is 10.0 Å². The lowest BCUT2D eigenvalue weighted by Gasteiger charge is -2.12. The van der Waals surface area contributed by atoms with Crippen LogP contribution in [0.4, 0.5) is 21.5 Å². The minimum atomic E-state index is -4.24. The largest absolute Gasteiger partial charge is 0.319 e. The number of nitro benzene ring substituents is 1. The third kappa shape index (κ3) is 5.16. The van der Waals surface area contributed by atoms with Gasteiger partial charge in [0.2, 0.25) is 0 Å². The lowest BCUT2D eigenvalue weighted by molar-refractivity contribution is -0.384. The molecule has 0 heterocycles. The van der Waals surface area contributed by atoms with E-state index in [-0.39, 0.29) is 22.6 Å². The van der Waals surface area contributed by atoms with Crippen molar-refractivity contribution in [2.75, 3.05) is 10.0 Å². The molecule has 160 valence electrons. The highest BCUT2D eigenvalue weighted by molar-refractivity contribution is 7.92. The molecule has 0 saturated carbocycles. The van der Waals surface area contributed by atoms with Crippen LogP contribution in [0, 0.1) is 22.9 Å². The molecule has 0 aromatic heterocycles. The van der Waals surface area contributed by atoms with Crippen LogP contribution in [-0.2, 0) is 10.0 Å². The number of nitrogens with zero attached hydrogens (tertiary/aromatic N) is 1. The summed E-state index contributed by atoms with van der Waals surface area (Å²) < 4.78 is 42.0. The van der Waals surface area contributed by atoms with Crippen molar-refractivity contribution < 1.29 is 22.5 Å². The summed E-state index contributed by atoms with van der Waals surface area (Å²) in [7, 11) is -4.24. The number of non-ortho nitro benzene ring substituents is 1. The molecule has 11 heteroatoms. The van der Waals surface area contributed by atoms with Gasteiger partial charge in [-0.3, -0.25) is 19.6 Å². The van der Waals surface area contributed by atoms with E-state index in [0.29, 0.717) is 10.6 Å². The number of halogens is 2. The van der Waals surface area contributed by atoms with E-state index in [1.807, 2.05) is 0 Å². The quantitative estimate of drug-likeness (QED) is 0.404. The summed E-state index contributed by atoms with van der Waals surface area (Å²) in [5.41, 5.74) is 0.166. The van der Waals surface area contributed by atoms with Crippen LogP contribution in [0.5, 0.6) is 0 Å². The Morgan fingerprint density at radius 3 is 2.32 bits per heavy atom. The highest BCUT2D eigenvalue weighted by Crippen LogP contribution is 2.26. The summed E-state index contributed by atoms with van der Waals surface area (Å²) in [4.78, 5) is 22.1. The Balaban J connectivity index is 1.83. The lowest BCUT2D eigenvalue weighted by Crippen LogP contribution is -2.16. The van der Waals surface area contributed by atoms with Crippen LogP contribution in [-0.4, -0.2) is 19.2 Å². The van der Waals surface area contributed by atoms with Gasteiger partial charge in [-0.15, -0.1) is 0 Å². The molecule has 3 rings (SSSR count). The summed E-state index contributed by atoms with van der Waals surface area (Å²) in [5.74, 6) is -1.57. The Morgan fingerprint density at radius 2 is 1.71 bits per heavy atom. The average Bonchev–Trinajstić information content (AvgIpc) is 2.71. The Morgan fingerprint density at radius 1 is 1.03 bits per heavy atom. The molecule has 1 amide bonds. The predicted octanol–water partition coefficient (Wildman–Crippen LogP) is 4.75. The first-order valence-corrected chi connectivity index (χ1v) is 10.6. The van der Waals surface area contributed by atoms with Gasteiger partial charge in [0.15, 0.2) is 0 Å². The third-order valence-corrected chi connectivity index (χ3v) is 5.90. The van der Waals surface area contributed by atoms with Crippen molar-refractivity contribution in [1.29, 1.82) is 0 Å². The molecule has 31 heavy (non-hydrogen) atoms. The average molecular weight is 464 g/mol. The molecular weight excluding hydrogens is 449 g/mol. The molecule has 8 nitrogen and oxygen atoms in total. The fourth-order valence-electron chi connectivity index (χ4n) is 2.60. The number of sulfonamides is 1. The van der Waals surface area contributed by atoms with Gasteiger partial charge < -0.3 is 5.32 Å². The van der Waals surface area contributed by atoms with Crippen LogP contribution in [0.1, 0.15) is 15.9 Å². The fraction of sp³-hybridized carbons (Fsp3) is 0.0500. The zero-order valence-electron chi connectivity index (χ0n) is 15.9. The summed E-state index contributed by atoms with van der Waals surface area (Å²) in [6.45, 7) is 1.57. The molecule has 0 radical (unpaired) electrons. The number of hydrogen-bond donors (Lipinski definition) is 2. The van der Waals surface area contributed by atoms with E-state index < -0.39 is 31.6 Å². The summed E-state index contributed by atoms with van der Waals surface area (Å²) in [6, 6.07) is 12.6. The van der Waals surface area contributed by atoms with Crippen molar-refractivity contribution in [3.8, 4) is 0 Å². The van der Waals surface area contributed by atoms with Gasteiger partial charge in [0, 0.05) is 22.7 Å². The lowest BCUT2D eigenvalue weighted by atomic mass is 10.2. The molecule has 0 aliphatic carbocycles. The monoisotopic (exact) mass is 463 g/mol. The minimum absolute atomic E-state index is 0.00488. The van der Waals surface area contributed by atoms with Crippen molar-refractivity contribution in [1.82, 2.24) is 0 Å². The number of anilines is 2. The van der Waals surface area contributed by atoms with E-state index in [1.165, 1.54) is 36.4 Å². The Labute approximate surface area is 181 Å². The molecular formula is C20H15ClFN3O5S. The highest BCUT2D eigenvalue weighted by atomic mass is 35.5. The standard InChI is InChI=1S/C20H15ClFN3O5S/c1-12-2-7-15(25(27)28)10-19(12)24-31(29,30)16-8-9-18(17(22)11-16)23-20(26)13-3-5-14(21)6-4-13/h2-11,24H,1H3,(H,23,26). The predicted molar refractivity (Wildman–Crippen MR) is 114 cm³/mol. The maximum atomic E-state index is 14.5. The second-order valence-electron chi connectivity index (χ2n) is 6.46. The van der Waals surface area contributed by atoms with Crippen molar-refractivity contribution >= 4 is 44.6 Å². The van der Waals surface area contributed by atoms with Gasteiger partial charge in [-0.2, -0.15) is 0 Å². The Kier molecular flexibility index (Phi) is 6.23. The highest BCUT2D eigenvalue weighted by Gasteiger charge is 2.20. The maximum Gasteiger partial charge on any atom is 0.271 e. The van der Waals surface area contributed by atoms with E-state index in [9.17, 15) is 27.7 Å². The number of hydrogen-bond acceptors (Lipinski definition) is 5. The second-order valence-corrected chi connectivity index (χ2v) is 8.58. The van der Waals surface area contributed by atoms with E-state index in [2.05, 4.69) is 10.0 Å². The molecule has 3 aromatic carbocycles. The molecule has 0 aliphatic heterocycles. The minimum Gasteiger partial charge on any atom is -0.319 e. The zero-order chi connectivity index (χ0) is 22.8. The SMILES string of the molecule is Cc1ccc([N+](=O)[O-])cc1NS(=O)(=O)c1ccc(NC(=O)c2ccc(Cl)cc2)c(F)c1. The number of aryl methyl sites for hydroxylation is 1. The van der Waals surface area contributed by atoms with E-state index in [1.54, 1.807) is 6.92 Å². The van der Waals surface area contributed by atoms with Crippen LogP contribution in [0.15, 0.2) is 65.6 Å². The van der Waals surface area contributed by atoms with Crippen molar-refractivity contribution in [3.63, 3.8) is 0 Å². The molecule has 0 fully saturated rings. The van der Waals surface area contributed by atoms with Gasteiger partial charge in [0.1, 0.15) is 5.82 Å². The van der Waals surface area contributed by atoms with E-state index in [4.69, 9.17) is 11.6 Å². The first kappa shape index (κ1) is 22.2. The molecule has 0 atom stereocenters. The third-order valence-electron chi connectivity index (χ3n) is 4.28. The van der Waals surface area contributed by atoms with Gasteiger partial charge in [-0.05, 0) is 55.0 Å². The molecule has 0 bridgehead atoms. The Hall–Kier alpha value is -3.50. The smallest absolute Gasteiger partial charge is 0.271 e. The number of nitro groups is 1. The van der Waals surface area contributed by atoms with E-state index in [0.717, 1.165) is 24.3 Å². The van der Waals surface area contributed by atoms with Crippen LogP contribution in [0.25, 0.3) is 0 Å². The van der Waals surface area contributed by atoms with Gasteiger partial charge in [-0.1, -0.05) is 17.7 Å². The van der Waals surface area contributed by atoms with Crippen molar-refractivity contribution in [2.45, 2.75) is 11.8 Å². The first-order chi connectivity index (χ1) is 14.6. The van der Waals surface area contributed by atoms with Gasteiger partial charge in [0.25, 0.3) is 21.6 Å². The number of nitrogens with one attached hydrogen (secondary N) is 2. The number of benzene rings is 3. The molecule has 0 unspecified atom stereocenters. The van der Waals surface area contributed by atoms with Gasteiger partial charge >= 0.3 is 0 Å². The zero-order valence-corrected chi connectivity index (χ0v) is 17.5.